The molecule has 33 heavy (non-hydrogen) atoms. The molecule has 2 aromatic rings. The summed E-state index contributed by atoms with van der Waals surface area (Å²) in [6.45, 7) is 5.52. The third kappa shape index (κ3) is 4.47. The molecule has 6 nitrogen and oxygen atoms in total. The van der Waals surface area contributed by atoms with Crippen LogP contribution in [0, 0.1) is 5.92 Å². The van der Waals surface area contributed by atoms with E-state index in [4.69, 9.17) is 19.2 Å². The van der Waals surface area contributed by atoms with Crippen LogP contribution in [0.15, 0.2) is 52.0 Å². The van der Waals surface area contributed by atoms with Crippen molar-refractivity contribution in [2.45, 2.75) is 51.6 Å². The number of hydrogen-bond donors (Lipinski definition) is 0. The van der Waals surface area contributed by atoms with Gasteiger partial charge in [-0.05, 0) is 62.3 Å². The lowest BCUT2D eigenvalue weighted by molar-refractivity contribution is -0.150. The summed E-state index contributed by atoms with van der Waals surface area (Å²) >= 11 is 1.56. The zero-order chi connectivity index (χ0) is 23.7. The van der Waals surface area contributed by atoms with Gasteiger partial charge in [-0.15, -0.1) is 11.3 Å². The zero-order valence-corrected chi connectivity index (χ0v) is 20.4. The number of benzene rings is 1. The molecule has 2 heterocycles. The number of hydrogen-bond acceptors (Lipinski definition) is 7. The van der Waals surface area contributed by atoms with E-state index in [0.29, 0.717) is 35.6 Å². The Bertz CT molecular complexity index is 1120. The molecule has 0 bridgehead atoms. The number of nitrogens with zero attached hydrogens (tertiary/aromatic N) is 1. The quantitative estimate of drug-likeness (QED) is 0.540. The number of carbonyl (C=O) groups is 2. The zero-order valence-electron chi connectivity index (χ0n) is 19.6. The van der Waals surface area contributed by atoms with E-state index in [9.17, 15) is 9.59 Å². The summed E-state index contributed by atoms with van der Waals surface area (Å²) in [4.78, 5) is 32.4. The van der Waals surface area contributed by atoms with Crippen LogP contribution in [0.4, 0.5) is 0 Å². The normalized spacial score (nSPS) is 22.7. The van der Waals surface area contributed by atoms with Crippen LogP contribution in [0.25, 0.3) is 0 Å². The van der Waals surface area contributed by atoms with Gasteiger partial charge in [-0.1, -0.05) is 12.1 Å². The van der Waals surface area contributed by atoms with Gasteiger partial charge in [0.15, 0.2) is 17.3 Å². The molecule has 0 N–H and O–H groups in total. The molecule has 7 heteroatoms. The van der Waals surface area contributed by atoms with Crippen LogP contribution < -0.4 is 9.47 Å². The molecule has 0 saturated heterocycles. The van der Waals surface area contributed by atoms with Crippen LogP contribution in [0.3, 0.4) is 0 Å². The maximum atomic E-state index is 13.6. The Morgan fingerprint density at radius 3 is 2.52 bits per heavy atom. The van der Waals surface area contributed by atoms with E-state index in [1.807, 2.05) is 56.5 Å². The predicted octanol–water partition coefficient (Wildman–Crippen LogP) is 5.29. The number of allylic oxidation sites excluding steroid dienone is 2. The molecule has 4 rings (SSSR count). The molecule has 0 spiro atoms. The van der Waals surface area contributed by atoms with Crippen molar-refractivity contribution in [3.63, 3.8) is 0 Å². The fraction of sp³-hybridized carbons (Fsp3) is 0.423. The Morgan fingerprint density at radius 2 is 1.88 bits per heavy atom. The molecular formula is C26H29NO5S. The highest BCUT2D eigenvalue weighted by atomic mass is 32.1. The highest BCUT2D eigenvalue weighted by molar-refractivity contribution is 7.10. The number of ketones is 1. The first kappa shape index (κ1) is 23.2. The highest BCUT2D eigenvalue weighted by Gasteiger charge is 2.45. The second kappa shape index (κ2) is 9.51. The maximum Gasteiger partial charge on any atom is 0.315 e. The molecule has 1 aliphatic heterocycles. The topological polar surface area (TPSA) is 74.2 Å². The van der Waals surface area contributed by atoms with Crippen molar-refractivity contribution in [1.29, 1.82) is 0 Å². The van der Waals surface area contributed by atoms with Gasteiger partial charge in [0.05, 0.1) is 20.3 Å². The van der Waals surface area contributed by atoms with E-state index in [1.165, 1.54) is 0 Å². The summed E-state index contributed by atoms with van der Waals surface area (Å²) < 4.78 is 16.4. The Balaban J connectivity index is 1.74. The third-order valence-electron chi connectivity index (χ3n) is 6.22. The first-order valence-corrected chi connectivity index (χ1v) is 12.0. The molecule has 1 aliphatic carbocycles. The SMILES string of the molecule is COc1ccc(C2CC(=O)C3=C(C2)N=C(C)C(C(=O)OC(C)C)C3c2cccs2)cc1OC. The van der Waals surface area contributed by atoms with Gasteiger partial charge >= 0.3 is 5.97 Å². The minimum absolute atomic E-state index is 0.0178. The van der Waals surface area contributed by atoms with Crippen molar-refractivity contribution >= 4 is 28.8 Å². The molecular weight excluding hydrogens is 438 g/mol. The van der Waals surface area contributed by atoms with E-state index in [2.05, 4.69) is 0 Å². The van der Waals surface area contributed by atoms with E-state index in [-0.39, 0.29) is 29.7 Å². The lowest BCUT2D eigenvalue weighted by Crippen LogP contribution is -2.38. The van der Waals surface area contributed by atoms with E-state index in [1.54, 1.807) is 25.6 Å². The average molecular weight is 468 g/mol. The molecule has 174 valence electrons. The molecule has 1 aromatic heterocycles. The van der Waals surface area contributed by atoms with Gasteiger partial charge in [-0.2, -0.15) is 0 Å². The van der Waals surface area contributed by atoms with Gasteiger partial charge in [0.1, 0.15) is 5.92 Å². The number of carbonyl (C=O) groups excluding carboxylic acids is 2. The molecule has 0 amide bonds. The molecule has 0 fully saturated rings. The minimum atomic E-state index is -0.591. The summed E-state index contributed by atoms with van der Waals surface area (Å²) in [7, 11) is 3.20. The van der Waals surface area contributed by atoms with Crippen LogP contribution in [-0.2, 0) is 14.3 Å². The smallest absolute Gasteiger partial charge is 0.315 e. The number of methoxy groups -OCH3 is 2. The van der Waals surface area contributed by atoms with Crippen LogP contribution in [0.5, 0.6) is 11.5 Å². The summed E-state index contributed by atoms with van der Waals surface area (Å²) in [5.74, 6) is 0.0291. The summed E-state index contributed by atoms with van der Waals surface area (Å²) in [5, 5.41) is 1.97. The fourth-order valence-electron chi connectivity index (χ4n) is 4.79. The molecule has 3 unspecified atom stereocenters. The van der Waals surface area contributed by atoms with E-state index in [0.717, 1.165) is 16.1 Å². The summed E-state index contributed by atoms with van der Waals surface area (Å²) in [6.07, 6.45) is 0.750. The van der Waals surface area contributed by atoms with Gasteiger partial charge in [0.25, 0.3) is 0 Å². The van der Waals surface area contributed by atoms with Crippen molar-refractivity contribution < 1.29 is 23.8 Å². The number of Topliss-reactive ketones (excluding diaryl/α,β-unsaturated/α-hetero) is 1. The second-order valence-corrected chi connectivity index (χ2v) is 9.69. The van der Waals surface area contributed by atoms with Gasteiger partial charge in [0.2, 0.25) is 0 Å². The van der Waals surface area contributed by atoms with Crippen molar-refractivity contribution in [2.75, 3.05) is 14.2 Å². The van der Waals surface area contributed by atoms with Crippen molar-refractivity contribution in [3.05, 3.63) is 57.4 Å². The van der Waals surface area contributed by atoms with Gasteiger partial charge in [0, 0.05) is 34.2 Å². The highest BCUT2D eigenvalue weighted by Crippen LogP contribution is 2.48. The fourth-order valence-corrected chi connectivity index (χ4v) is 5.66. The average Bonchev–Trinajstić information content (AvgIpc) is 3.31. The monoisotopic (exact) mass is 467 g/mol. The first-order chi connectivity index (χ1) is 15.8. The lowest BCUT2D eigenvalue weighted by atomic mass is 9.71. The first-order valence-electron chi connectivity index (χ1n) is 11.1. The number of thiophene rings is 1. The molecule has 1 aromatic carbocycles. The molecule has 0 radical (unpaired) electrons. The lowest BCUT2D eigenvalue weighted by Gasteiger charge is -2.36. The van der Waals surface area contributed by atoms with Crippen LogP contribution >= 0.6 is 11.3 Å². The van der Waals surface area contributed by atoms with Crippen molar-refractivity contribution in [1.82, 2.24) is 0 Å². The van der Waals surface area contributed by atoms with Gasteiger partial charge < -0.3 is 14.2 Å². The van der Waals surface area contributed by atoms with Crippen molar-refractivity contribution in [2.24, 2.45) is 10.9 Å². The largest absolute Gasteiger partial charge is 0.493 e. The van der Waals surface area contributed by atoms with E-state index < -0.39 is 5.92 Å². The Kier molecular flexibility index (Phi) is 6.70. The van der Waals surface area contributed by atoms with Crippen LogP contribution in [-0.4, -0.2) is 37.8 Å². The Morgan fingerprint density at radius 1 is 1.12 bits per heavy atom. The Labute approximate surface area is 198 Å². The van der Waals surface area contributed by atoms with Crippen LogP contribution in [0.2, 0.25) is 0 Å². The molecule has 0 saturated carbocycles. The van der Waals surface area contributed by atoms with Gasteiger partial charge in [-0.25, -0.2) is 0 Å². The molecule has 2 aliphatic rings. The summed E-state index contributed by atoms with van der Waals surface area (Å²) in [6, 6.07) is 9.71. The molecule has 3 atom stereocenters. The maximum absolute atomic E-state index is 13.6. The number of rotatable bonds is 6. The van der Waals surface area contributed by atoms with Crippen LogP contribution in [0.1, 0.15) is 55.9 Å². The number of ether oxygens (including phenoxy) is 3. The minimum Gasteiger partial charge on any atom is -0.493 e. The number of aliphatic imine (C=N–C) groups is 1. The van der Waals surface area contributed by atoms with E-state index >= 15 is 0 Å². The summed E-state index contributed by atoms with van der Waals surface area (Å²) in [5.41, 5.74) is 3.13. The third-order valence-corrected chi connectivity index (χ3v) is 7.18. The Hall–Kier alpha value is -2.93. The van der Waals surface area contributed by atoms with Gasteiger partial charge in [-0.3, -0.25) is 14.6 Å². The number of esters is 1. The second-order valence-electron chi connectivity index (χ2n) is 8.71. The predicted molar refractivity (Wildman–Crippen MR) is 128 cm³/mol. The van der Waals surface area contributed by atoms with Crippen molar-refractivity contribution in [3.8, 4) is 11.5 Å². The standard InChI is InChI=1S/C26H29NO5S/c1-14(2)32-26(29)23-15(3)27-18-11-17(16-8-9-20(30-4)21(13-16)31-5)12-19(28)24(18)25(23)22-7-6-10-33-22/h6-10,13-14,17,23,25H,11-12H2,1-5H3.